The average molecular weight is 449 g/mol. The predicted molar refractivity (Wildman–Crippen MR) is 121 cm³/mol. The highest BCUT2D eigenvalue weighted by molar-refractivity contribution is 7.89. The van der Waals surface area contributed by atoms with Gasteiger partial charge in [-0.1, -0.05) is 32.0 Å². The average Bonchev–Trinajstić information content (AvgIpc) is 2.78. The molecule has 2 aromatic rings. The van der Waals surface area contributed by atoms with E-state index in [0.29, 0.717) is 37.4 Å². The van der Waals surface area contributed by atoms with Crippen molar-refractivity contribution in [3.05, 3.63) is 53.6 Å². The highest BCUT2D eigenvalue weighted by Crippen LogP contribution is 2.29. The molecule has 0 bridgehead atoms. The van der Waals surface area contributed by atoms with E-state index >= 15 is 0 Å². The van der Waals surface area contributed by atoms with E-state index in [2.05, 4.69) is 5.32 Å². The van der Waals surface area contributed by atoms with Crippen LogP contribution in [0.4, 0.5) is 0 Å². The van der Waals surface area contributed by atoms with Crippen LogP contribution in [0.25, 0.3) is 0 Å². The molecule has 1 atom stereocenters. The van der Waals surface area contributed by atoms with Gasteiger partial charge in [-0.05, 0) is 48.7 Å². The zero-order valence-electron chi connectivity index (χ0n) is 18.8. The molecule has 8 heteroatoms. The number of hydrogen-bond acceptors (Lipinski definition) is 5. The van der Waals surface area contributed by atoms with E-state index in [1.165, 1.54) is 4.31 Å². The highest BCUT2D eigenvalue weighted by atomic mass is 32.2. The summed E-state index contributed by atoms with van der Waals surface area (Å²) in [6, 6.07) is 12.1. The molecule has 1 N–H and O–H groups in total. The Balaban J connectivity index is 1.95. The van der Waals surface area contributed by atoms with Gasteiger partial charge in [-0.2, -0.15) is 4.31 Å². The Morgan fingerprint density at radius 2 is 1.61 bits per heavy atom. The van der Waals surface area contributed by atoms with Gasteiger partial charge in [0.2, 0.25) is 15.9 Å². The number of carbonyl (C=O) groups is 1. The molecular formula is C23H32N2O5S. The van der Waals surface area contributed by atoms with Gasteiger partial charge in [-0.3, -0.25) is 4.79 Å². The lowest BCUT2D eigenvalue weighted by molar-refractivity contribution is -0.121. The van der Waals surface area contributed by atoms with Gasteiger partial charge >= 0.3 is 0 Å². The lowest BCUT2D eigenvalue weighted by atomic mass is 10.1. The molecule has 170 valence electrons. The van der Waals surface area contributed by atoms with Crippen molar-refractivity contribution >= 4 is 15.9 Å². The predicted octanol–water partition coefficient (Wildman–Crippen LogP) is 3.54. The molecule has 0 heterocycles. The molecule has 31 heavy (non-hydrogen) atoms. The Hall–Kier alpha value is -2.58. The summed E-state index contributed by atoms with van der Waals surface area (Å²) in [6.45, 7) is 6.40. The van der Waals surface area contributed by atoms with Crippen molar-refractivity contribution in [2.75, 3.05) is 27.3 Å². The summed E-state index contributed by atoms with van der Waals surface area (Å²) >= 11 is 0. The molecule has 0 aliphatic heterocycles. The van der Waals surface area contributed by atoms with Gasteiger partial charge in [0, 0.05) is 19.5 Å². The fourth-order valence-corrected chi connectivity index (χ4v) is 4.78. The van der Waals surface area contributed by atoms with Crippen molar-refractivity contribution in [3.8, 4) is 11.5 Å². The minimum Gasteiger partial charge on any atom is -0.493 e. The van der Waals surface area contributed by atoms with Gasteiger partial charge in [0.25, 0.3) is 0 Å². The van der Waals surface area contributed by atoms with E-state index in [1.54, 1.807) is 38.5 Å². The van der Waals surface area contributed by atoms with Crippen LogP contribution in [0.15, 0.2) is 47.4 Å². The third kappa shape index (κ3) is 6.21. The number of methoxy groups -OCH3 is 2. The Morgan fingerprint density at radius 1 is 1.00 bits per heavy atom. The van der Waals surface area contributed by atoms with Gasteiger partial charge in [0.1, 0.15) is 0 Å². The van der Waals surface area contributed by atoms with Gasteiger partial charge in [0.15, 0.2) is 11.5 Å². The second-order valence-electron chi connectivity index (χ2n) is 7.14. The quantitative estimate of drug-likeness (QED) is 0.568. The van der Waals surface area contributed by atoms with Gasteiger partial charge in [-0.15, -0.1) is 0 Å². The molecule has 2 aromatic carbocycles. The Labute approximate surface area is 185 Å². The molecule has 0 aliphatic carbocycles. The monoisotopic (exact) mass is 448 g/mol. The molecule has 0 aromatic heterocycles. The van der Waals surface area contributed by atoms with Crippen LogP contribution in [0, 0.1) is 0 Å². The minimum atomic E-state index is -3.47. The highest BCUT2D eigenvalue weighted by Gasteiger charge is 2.21. The van der Waals surface area contributed by atoms with Crippen LogP contribution in [-0.2, 0) is 21.2 Å². The van der Waals surface area contributed by atoms with Crippen LogP contribution in [-0.4, -0.2) is 45.9 Å². The number of ether oxygens (including phenoxy) is 2. The summed E-state index contributed by atoms with van der Waals surface area (Å²) in [4.78, 5) is 12.7. The third-order valence-electron chi connectivity index (χ3n) is 5.19. The Kier molecular flexibility index (Phi) is 8.88. The maximum absolute atomic E-state index is 12.6. The van der Waals surface area contributed by atoms with Crippen molar-refractivity contribution in [2.45, 2.75) is 44.6 Å². The molecule has 0 saturated carbocycles. The fourth-order valence-electron chi connectivity index (χ4n) is 3.32. The van der Waals surface area contributed by atoms with Crippen molar-refractivity contribution in [1.82, 2.24) is 9.62 Å². The van der Waals surface area contributed by atoms with Crippen LogP contribution in [0.1, 0.15) is 44.4 Å². The van der Waals surface area contributed by atoms with Crippen LogP contribution >= 0.6 is 0 Å². The fraction of sp³-hybridized carbons (Fsp3) is 0.435. The first-order valence-corrected chi connectivity index (χ1v) is 11.8. The number of carbonyl (C=O) groups excluding carboxylic acids is 1. The van der Waals surface area contributed by atoms with E-state index in [9.17, 15) is 13.2 Å². The zero-order chi connectivity index (χ0) is 23.0. The summed E-state index contributed by atoms with van der Waals surface area (Å²) in [5, 5.41) is 2.98. The van der Waals surface area contributed by atoms with Crippen LogP contribution < -0.4 is 14.8 Å². The summed E-state index contributed by atoms with van der Waals surface area (Å²) < 4.78 is 37.1. The summed E-state index contributed by atoms with van der Waals surface area (Å²) in [6.07, 6.45) is 0.829. The number of rotatable bonds is 11. The van der Waals surface area contributed by atoms with Crippen molar-refractivity contribution in [1.29, 1.82) is 0 Å². The summed E-state index contributed by atoms with van der Waals surface area (Å²) in [7, 11) is -0.321. The van der Waals surface area contributed by atoms with Crippen LogP contribution in [0.3, 0.4) is 0 Å². The third-order valence-corrected chi connectivity index (χ3v) is 7.26. The van der Waals surface area contributed by atoms with Crippen molar-refractivity contribution in [2.24, 2.45) is 0 Å². The molecule has 1 amide bonds. The van der Waals surface area contributed by atoms with E-state index in [4.69, 9.17) is 9.47 Å². The number of benzene rings is 2. The van der Waals surface area contributed by atoms with Crippen molar-refractivity contribution < 1.29 is 22.7 Å². The molecule has 0 unspecified atom stereocenters. The van der Waals surface area contributed by atoms with Crippen LogP contribution in [0.5, 0.6) is 11.5 Å². The second kappa shape index (κ2) is 11.2. The molecule has 0 radical (unpaired) electrons. The standard InChI is InChI=1S/C23H32N2O5S/c1-6-25(7-2)31(27,28)20-12-8-18(9-13-20)10-15-23(26)24-17(3)19-11-14-21(29-4)22(16-19)30-5/h8-9,11-14,16-17H,6-7,10,15H2,1-5H3,(H,24,26)/t17-/m1/s1. The molecule has 2 rings (SSSR count). The van der Waals surface area contributed by atoms with Crippen molar-refractivity contribution in [3.63, 3.8) is 0 Å². The number of nitrogens with one attached hydrogen (secondary N) is 1. The van der Waals surface area contributed by atoms with Gasteiger partial charge in [0.05, 0.1) is 25.2 Å². The Bertz CT molecular complexity index is 970. The molecule has 0 spiro atoms. The summed E-state index contributed by atoms with van der Waals surface area (Å²) in [5.74, 6) is 1.17. The molecule has 0 aliphatic rings. The van der Waals surface area contributed by atoms with Gasteiger partial charge < -0.3 is 14.8 Å². The molecular weight excluding hydrogens is 416 g/mol. The second-order valence-corrected chi connectivity index (χ2v) is 9.07. The number of hydrogen-bond donors (Lipinski definition) is 1. The van der Waals surface area contributed by atoms with Crippen LogP contribution in [0.2, 0.25) is 0 Å². The number of aryl methyl sites for hydroxylation is 1. The first-order valence-electron chi connectivity index (χ1n) is 10.4. The largest absolute Gasteiger partial charge is 0.493 e. The lowest BCUT2D eigenvalue weighted by Crippen LogP contribution is -2.30. The topological polar surface area (TPSA) is 84.9 Å². The first kappa shape index (κ1) is 24.7. The maximum atomic E-state index is 12.6. The van der Waals surface area contributed by atoms with E-state index < -0.39 is 10.0 Å². The maximum Gasteiger partial charge on any atom is 0.243 e. The first-order chi connectivity index (χ1) is 14.8. The van der Waals surface area contributed by atoms with E-state index in [-0.39, 0.29) is 16.8 Å². The molecule has 0 fully saturated rings. The normalized spacial score (nSPS) is 12.5. The minimum absolute atomic E-state index is 0.0814. The number of sulfonamides is 1. The zero-order valence-corrected chi connectivity index (χ0v) is 19.7. The molecule has 7 nitrogen and oxygen atoms in total. The SMILES string of the molecule is CCN(CC)S(=O)(=O)c1ccc(CCC(=O)N[C@H](C)c2ccc(OC)c(OC)c2)cc1. The molecule has 0 saturated heterocycles. The lowest BCUT2D eigenvalue weighted by Gasteiger charge is -2.18. The number of amides is 1. The smallest absolute Gasteiger partial charge is 0.243 e. The number of nitrogens with zero attached hydrogens (tertiary/aromatic N) is 1. The van der Waals surface area contributed by atoms with E-state index in [1.807, 2.05) is 39.0 Å². The van der Waals surface area contributed by atoms with E-state index in [0.717, 1.165) is 11.1 Å². The summed E-state index contributed by atoms with van der Waals surface area (Å²) in [5.41, 5.74) is 1.82. The van der Waals surface area contributed by atoms with Gasteiger partial charge in [-0.25, -0.2) is 8.42 Å². The Morgan fingerprint density at radius 3 is 2.16 bits per heavy atom.